The number of aryl methyl sites for hydroxylation is 2. The van der Waals surface area contributed by atoms with Crippen molar-refractivity contribution in [3.05, 3.63) is 45.7 Å². The molecule has 20 heavy (non-hydrogen) atoms. The van der Waals surface area contributed by atoms with Crippen LogP contribution in [0, 0.1) is 13.8 Å². The van der Waals surface area contributed by atoms with E-state index in [1.807, 2.05) is 0 Å². The molecule has 106 valence electrons. The Kier molecular flexibility index (Phi) is 4.29. The molecular formula is C13H17N5O2. The van der Waals surface area contributed by atoms with Gasteiger partial charge in [0, 0.05) is 30.1 Å². The van der Waals surface area contributed by atoms with Crippen LogP contribution in [0.3, 0.4) is 0 Å². The monoisotopic (exact) mass is 275 g/mol. The van der Waals surface area contributed by atoms with Crippen molar-refractivity contribution in [2.24, 2.45) is 0 Å². The summed E-state index contributed by atoms with van der Waals surface area (Å²) in [5.74, 6) is 1.16. The van der Waals surface area contributed by atoms with Crippen LogP contribution in [0.5, 0.6) is 0 Å². The summed E-state index contributed by atoms with van der Waals surface area (Å²) < 4.78 is 0. The molecule has 0 spiro atoms. The van der Waals surface area contributed by atoms with Gasteiger partial charge >= 0.3 is 0 Å². The first-order valence-corrected chi connectivity index (χ1v) is 6.37. The van der Waals surface area contributed by atoms with E-state index in [1.54, 1.807) is 26.2 Å². The standard InChI is InChI=1S/C13H17N5O2/c1-8-10(13(20)18-9(2)17-8)3-4-12(19)16-7-11-14-5-6-15-11/h5-6H,3-4,7H2,1-2H3,(H,14,15)(H,16,19)(H,17,18,20). The molecule has 1 amide bonds. The Bertz CT molecular complexity index is 645. The van der Waals surface area contributed by atoms with E-state index in [2.05, 4.69) is 25.3 Å². The summed E-state index contributed by atoms with van der Waals surface area (Å²) in [4.78, 5) is 37.2. The minimum atomic E-state index is -0.172. The number of aromatic nitrogens is 4. The number of amides is 1. The molecule has 2 aromatic heterocycles. The smallest absolute Gasteiger partial charge is 0.254 e. The van der Waals surface area contributed by atoms with E-state index >= 15 is 0 Å². The van der Waals surface area contributed by atoms with Crippen molar-refractivity contribution in [2.45, 2.75) is 33.2 Å². The number of hydrogen-bond acceptors (Lipinski definition) is 4. The van der Waals surface area contributed by atoms with Gasteiger partial charge in [0.15, 0.2) is 0 Å². The van der Waals surface area contributed by atoms with Gasteiger partial charge in [0.25, 0.3) is 5.56 Å². The van der Waals surface area contributed by atoms with E-state index in [4.69, 9.17) is 0 Å². The number of imidazole rings is 1. The predicted octanol–water partition coefficient (Wildman–Crippen LogP) is 0.359. The molecule has 0 unspecified atom stereocenters. The van der Waals surface area contributed by atoms with Crippen LogP contribution in [0.2, 0.25) is 0 Å². The highest BCUT2D eigenvalue weighted by Crippen LogP contribution is 2.02. The zero-order chi connectivity index (χ0) is 14.5. The fourth-order valence-electron chi connectivity index (χ4n) is 1.95. The largest absolute Gasteiger partial charge is 0.349 e. The van der Waals surface area contributed by atoms with Gasteiger partial charge in [0.1, 0.15) is 11.6 Å². The Hall–Kier alpha value is -2.44. The molecule has 0 saturated carbocycles. The number of nitrogens with zero attached hydrogens (tertiary/aromatic N) is 2. The van der Waals surface area contributed by atoms with Crippen molar-refractivity contribution in [1.29, 1.82) is 0 Å². The fraction of sp³-hybridized carbons (Fsp3) is 0.385. The van der Waals surface area contributed by atoms with Gasteiger partial charge in [-0.2, -0.15) is 0 Å². The molecule has 0 saturated heterocycles. The van der Waals surface area contributed by atoms with Gasteiger partial charge in [-0.05, 0) is 20.3 Å². The SMILES string of the molecule is Cc1nc(C)c(CCC(=O)NCc2ncc[nH]2)c(=O)[nH]1. The van der Waals surface area contributed by atoms with Gasteiger partial charge < -0.3 is 15.3 Å². The number of hydrogen-bond donors (Lipinski definition) is 3. The second kappa shape index (κ2) is 6.14. The van der Waals surface area contributed by atoms with E-state index in [1.165, 1.54) is 0 Å². The number of H-pyrrole nitrogens is 2. The van der Waals surface area contributed by atoms with Gasteiger partial charge in [0.05, 0.1) is 6.54 Å². The topological polar surface area (TPSA) is 104 Å². The van der Waals surface area contributed by atoms with Crippen LogP contribution in [-0.2, 0) is 17.8 Å². The number of carbonyl (C=O) groups is 1. The third-order valence-electron chi connectivity index (χ3n) is 2.95. The number of carbonyl (C=O) groups excluding carboxylic acids is 1. The summed E-state index contributed by atoms with van der Waals surface area (Å²) in [6.07, 6.45) is 3.94. The van der Waals surface area contributed by atoms with Crippen molar-refractivity contribution in [3.63, 3.8) is 0 Å². The lowest BCUT2D eigenvalue weighted by Crippen LogP contribution is -2.25. The normalized spacial score (nSPS) is 10.5. The molecule has 0 radical (unpaired) electrons. The van der Waals surface area contributed by atoms with Crippen molar-refractivity contribution >= 4 is 5.91 Å². The maximum atomic E-state index is 11.8. The van der Waals surface area contributed by atoms with E-state index in [9.17, 15) is 9.59 Å². The highest BCUT2D eigenvalue weighted by atomic mass is 16.1. The van der Waals surface area contributed by atoms with Gasteiger partial charge in [0.2, 0.25) is 5.91 Å². The van der Waals surface area contributed by atoms with Gasteiger partial charge in [-0.25, -0.2) is 9.97 Å². The Balaban J connectivity index is 1.89. The Morgan fingerprint density at radius 2 is 2.20 bits per heavy atom. The number of rotatable bonds is 5. The highest BCUT2D eigenvalue weighted by molar-refractivity contribution is 5.76. The molecule has 7 nitrogen and oxygen atoms in total. The lowest BCUT2D eigenvalue weighted by Gasteiger charge is -2.06. The molecule has 0 bridgehead atoms. The lowest BCUT2D eigenvalue weighted by molar-refractivity contribution is -0.121. The maximum Gasteiger partial charge on any atom is 0.254 e. The minimum absolute atomic E-state index is 0.124. The molecule has 3 N–H and O–H groups in total. The van der Waals surface area contributed by atoms with Crippen molar-refractivity contribution in [2.75, 3.05) is 0 Å². The predicted molar refractivity (Wildman–Crippen MR) is 73.1 cm³/mol. The molecule has 2 rings (SSSR count). The first kappa shape index (κ1) is 14.0. The van der Waals surface area contributed by atoms with Crippen molar-refractivity contribution < 1.29 is 4.79 Å². The van der Waals surface area contributed by atoms with Gasteiger partial charge in [-0.3, -0.25) is 9.59 Å². The van der Waals surface area contributed by atoms with Crippen LogP contribution in [-0.4, -0.2) is 25.8 Å². The quantitative estimate of drug-likeness (QED) is 0.732. The average molecular weight is 275 g/mol. The van der Waals surface area contributed by atoms with Gasteiger partial charge in [-0.15, -0.1) is 0 Å². The van der Waals surface area contributed by atoms with E-state index < -0.39 is 0 Å². The minimum Gasteiger partial charge on any atom is -0.349 e. The van der Waals surface area contributed by atoms with Gasteiger partial charge in [-0.1, -0.05) is 0 Å². The van der Waals surface area contributed by atoms with E-state index in [-0.39, 0.29) is 17.9 Å². The highest BCUT2D eigenvalue weighted by Gasteiger charge is 2.09. The molecule has 7 heteroatoms. The molecule has 2 heterocycles. The molecule has 0 aliphatic carbocycles. The van der Waals surface area contributed by atoms with Crippen LogP contribution in [0.25, 0.3) is 0 Å². The van der Waals surface area contributed by atoms with E-state index in [0.717, 1.165) is 0 Å². The molecule has 0 fully saturated rings. The van der Waals surface area contributed by atoms with Crippen LogP contribution >= 0.6 is 0 Å². The first-order valence-electron chi connectivity index (χ1n) is 6.37. The lowest BCUT2D eigenvalue weighted by atomic mass is 10.1. The van der Waals surface area contributed by atoms with Crippen LogP contribution in [0.1, 0.15) is 29.3 Å². The van der Waals surface area contributed by atoms with Crippen molar-refractivity contribution in [3.8, 4) is 0 Å². The molecule has 2 aromatic rings. The molecule has 0 aliphatic rings. The van der Waals surface area contributed by atoms with Crippen LogP contribution in [0.4, 0.5) is 0 Å². The summed E-state index contributed by atoms with van der Waals surface area (Å²) in [6.45, 7) is 3.86. The third-order valence-corrected chi connectivity index (χ3v) is 2.95. The number of nitrogens with one attached hydrogen (secondary N) is 3. The summed E-state index contributed by atoms with van der Waals surface area (Å²) in [6, 6.07) is 0. The summed E-state index contributed by atoms with van der Waals surface area (Å²) in [5, 5.41) is 2.74. The third kappa shape index (κ3) is 3.53. The summed E-state index contributed by atoms with van der Waals surface area (Å²) in [7, 11) is 0. The second-order valence-electron chi connectivity index (χ2n) is 4.53. The fourth-order valence-corrected chi connectivity index (χ4v) is 1.95. The van der Waals surface area contributed by atoms with E-state index in [0.29, 0.717) is 35.9 Å². The Morgan fingerprint density at radius 3 is 2.85 bits per heavy atom. The Labute approximate surface area is 115 Å². The summed E-state index contributed by atoms with van der Waals surface area (Å²) >= 11 is 0. The molecule has 0 aliphatic heterocycles. The molecular weight excluding hydrogens is 258 g/mol. The second-order valence-corrected chi connectivity index (χ2v) is 4.53. The molecule has 0 atom stereocenters. The maximum absolute atomic E-state index is 11.8. The van der Waals surface area contributed by atoms with Crippen LogP contribution in [0.15, 0.2) is 17.2 Å². The zero-order valence-electron chi connectivity index (χ0n) is 11.5. The number of aromatic amines is 2. The Morgan fingerprint density at radius 1 is 1.40 bits per heavy atom. The molecule has 0 aromatic carbocycles. The zero-order valence-corrected chi connectivity index (χ0v) is 11.5. The average Bonchev–Trinajstić information content (AvgIpc) is 2.88. The summed E-state index contributed by atoms with van der Waals surface area (Å²) in [5.41, 5.74) is 1.06. The van der Waals surface area contributed by atoms with Crippen LogP contribution < -0.4 is 10.9 Å². The van der Waals surface area contributed by atoms with Crippen molar-refractivity contribution in [1.82, 2.24) is 25.3 Å². The first-order chi connectivity index (χ1) is 9.56.